The number of Topliss-reactive ketones (excluding diaryl/α,β-unsaturated/α-hetero) is 1. The van der Waals surface area contributed by atoms with Crippen LogP contribution in [0.4, 0.5) is 5.82 Å². The molecule has 0 spiro atoms. The van der Waals surface area contributed by atoms with Crippen molar-refractivity contribution >= 4 is 29.2 Å². The van der Waals surface area contributed by atoms with Gasteiger partial charge in [-0.1, -0.05) is 26.3 Å². The van der Waals surface area contributed by atoms with Gasteiger partial charge in [0.25, 0.3) is 5.91 Å². The van der Waals surface area contributed by atoms with Gasteiger partial charge >= 0.3 is 5.97 Å². The summed E-state index contributed by atoms with van der Waals surface area (Å²) in [6.45, 7) is 6.06. The molecule has 7 nitrogen and oxygen atoms in total. The highest BCUT2D eigenvalue weighted by molar-refractivity contribution is 6.12. The zero-order valence-corrected chi connectivity index (χ0v) is 15.7. The van der Waals surface area contributed by atoms with E-state index >= 15 is 0 Å². The number of aromatic nitrogens is 1. The van der Waals surface area contributed by atoms with Gasteiger partial charge in [0.2, 0.25) is 0 Å². The maximum absolute atomic E-state index is 11.6. The van der Waals surface area contributed by atoms with E-state index in [4.69, 9.17) is 0 Å². The van der Waals surface area contributed by atoms with Crippen molar-refractivity contribution in [2.75, 3.05) is 11.6 Å². The van der Waals surface area contributed by atoms with Gasteiger partial charge in [-0.2, -0.15) is 10.1 Å². The topological polar surface area (TPSA) is 88.9 Å². The van der Waals surface area contributed by atoms with E-state index in [0.29, 0.717) is 25.3 Å². The molecule has 0 radical (unpaired) electrons. The van der Waals surface area contributed by atoms with E-state index in [1.165, 1.54) is 5.01 Å². The summed E-state index contributed by atoms with van der Waals surface area (Å²) in [7, 11) is 0. The third kappa shape index (κ3) is 7.55. The normalized spacial score (nSPS) is 13.0. The van der Waals surface area contributed by atoms with Crippen molar-refractivity contribution in [2.24, 2.45) is 5.10 Å². The molecule has 0 saturated carbocycles. The standard InChI is InChI=1S/C11H13N3O.C8H14O3/c1-2-5-9-8-11(15)14(13-9)10-6-3-4-7-12-10;1-3-5-7(9)6-8(10)11-4-2/h3-4,6-7H,2,5,8H2,1H3;3-6H2,1-2H3. The van der Waals surface area contributed by atoms with Gasteiger partial charge in [-0.3, -0.25) is 14.4 Å². The summed E-state index contributed by atoms with van der Waals surface area (Å²) in [4.78, 5) is 37.2. The second-order valence-corrected chi connectivity index (χ2v) is 5.76. The summed E-state index contributed by atoms with van der Waals surface area (Å²) < 4.78 is 4.60. The SMILES string of the molecule is CCCC(=O)CC(=O)OCC.CCCC1=NN(c2ccccn2)C(=O)C1. The molecule has 2 heterocycles. The Labute approximate surface area is 154 Å². The fourth-order valence-corrected chi connectivity index (χ4v) is 2.31. The molecule has 1 aliphatic heterocycles. The first-order chi connectivity index (χ1) is 12.5. The predicted octanol–water partition coefficient (Wildman–Crippen LogP) is 3.28. The zero-order valence-electron chi connectivity index (χ0n) is 15.7. The number of nitrogens with zero attached hydrogens (tertiary/aromatic N) is 3. The predicted molar refractivity (Wildman–Crippen MR) is 99.8 cm³/mol. The van der Waals surface area contributed by atoms with Crippen molar-refractivity contribution < 1.29 is 19.1 Å². The maximum Gasteiger partial charge on any atom is 0.313 e. The smallest absolute Gasteiger partial charge is 0.313 e. The first-order valence-electron chi connectivity index (χ1n) is 8.99. The van der Waals surface area contributed by atoms with Gasteiger partial charge in [-0.25, -0.2) is 4.98 Å². The molecule has 1 aliphatic rings. The molecule has 2 rings (SSSR count). The Balaban J connectivity index is 0.000000276. The fraction of sp³-hybridized carbons (Fsp3) is 0.526. The molecule has 0 fully saturated rings. The lowest BCUT2D eigenvalue weighted by Gasteiger charge is -2.08. The van der Waals surface area contributed by atoms with Crippen LogP contribution in [0.1, 0.15) is 59.3 Å². The average Bonchev–Trinajstić information content (AvgIpc) is 2.97. The number of hydrogen-bond donors (Lipinski definition) is 0. The van der Waals surface area contributed by atoms with E-state index in [9.17, 15) is 14.4 Å². The van der Waals surface area contributed by atoms with E-state index in [0.717, 1.165) is 25.0 Å². The third-order valence-electron chi connectivity index (χ3n) is 3.41. The molecular formula is C19H27N3O4. The number of ether oxygens (including phenoxy) is 1. The molecule has 142 valence electrons. The minimum absolute atomic E-state index is 0.0113. The van der Waals surface area contributed by atoms with Crippen molar-refractivity contribution in [1.29, 1.82) is 0 Å². The highest BCUT2D eigenvalue weighted by Crippen LogP contribution is 2.18. The van der Waals surface area contributed by atoms with Crippen LogP contribution in [0, 0.1) is 0 Å². The maximum atomic E-state index is 11.6. The van der Waals surface area contributed by atoms with E-state index in [1.54, 1.807) is 19.2 Å². The van der Waals surface area contributed by atoms with Gasteiger partial charge in [0.15, 0.2) is 5.82 Å². The Hall–Kier alpha value is -2.57. The molecule has 0 bridgehead atoms. The van der Waals surface area contributed by atoms with Crippen LogP contribution < -0.4 is 5.01 Å². The minimum Gasteiger partial charge on any atom is -0.466 e. The number of esters is 1. The van der Waals surface area contributed by atoms with Crippen molar-refractivity contribution in [2.45, 2.75) is 59.3 Å². The number of rotatable bonds is 8. The minimum atomic E-state index is -0.411. The first-order valence-corrected chi connectivity index (χ1v) is 8.99. The number of pyridine rings is 1. The number of anilines is 1. The summed E-state index contributed by atoms with van der Waals surface area (Å²) >= 11 is 0. The number of ketones is 1. The van der Waals surface area contributed by atoms with Crippen LogP contribution in [0.5, 0.6) is 0 Å². The Morgan fingerprint density at radius 3 is 2.54 bits per heavy atom. The van der Waals surface area contributed by atoms with Gasteiger partial charge in [0.1, 0.15) is 12.2 Å². The molecule has 0 aliphatic carbocycles. The van der Waals surface area contributed by atoms with E-state index in [-0.39, 0.29) is 18.1 Å². The summed E-state index contributed by atoms with van der Waals surface area (Å²) in [6.07, 6.45) is 5.19. The zero-order chi connectivity index (χ0) is 19.4. The van der Waals surface area contributed by atoms with Gasteiger partial charge in [-0.05, 0) is 31.9 Å². The van der Waals surface area contributed by atoms with Crippen LogP contribution in [0.25, 0.3) is 0 Å². The van der Waals surface area contributed by atoms with Crippen LogP contribution in [0.3, 0.4) is 0 Å². The molecule has 1 aromatic heterocycles. The lowest BCUT2D eigenvalue weighted by molar-refractivity contribution is -0.145. The number of carbonyl (C=O) groups excluding carboxylic acids is 3. The van der Waals surface area contributed by atoms with Gasteiger partial charge in [0, 0.05) is 18.3 Å². The van der Waals surface area contributed by atoms with E-state index in [1.807, 2.05) is 19.1 Å². The highest BCUT2D eigenvalue weighted by Gasteiger charge is 2.24. The lowest BCUT2D eigenvalue weighted by atomic mass is 10.2. The van der Waals surface area contributed by atoms with Gasteiger partial charge in [-0.15, -0.1) is 0 Å². The van der Waals surface area contributed by atoms with Crippen LogP contribution >= 0.6 is 0 Å². The van der Waals surface area contributed by atoms with Crippen molar-refractivity contribution in [3.8, 4) is 0 Å². The van der Waals surface area contributed by atoms with Crippen molar-refractivity contribution in [3.05, 3.63) is 24.4 Å². The third-order valence-corrected chi connectivity index (χ3v) is 3.41. The molecule has 0 saturated heterocycles. The molecule has 0 unspecified atom stereocenters. The van der Waals surface area contributed by atoms with Crippen LogP contribution in [0.15, 0.2) is 29.5 Å². The van der Waals surface area contributed by atoms with E-state index < -0.39 is 5.97 Å². The summed E-state index contributed by atoms with van der Waals surface area (Å²) in [5.74, 6) is 0.169. The van der Waals surface area contributed by atoms with Crippen molar-refractivity contribution in [3.63, 3.8) is 0 Å². The van der Waals surface area contributed by atoms with Gasteiger partial charge < -0.3 is 4.74 Å². The van der Waals surface area contributed by atoms with Crippen molar-refractivity contribution in [1.82, 2.24) is 4.98 Å². The summed E-state index contributed by atoms with van der Waals surface area (Å²) in [5, 5.41) is 5.66. The average molecular weight is 361 g/mol. The van der Waals surface area contributed by atoms with Crippen LogP contribution in [0.2, 0.25) is 0 Å². The molecule has 0 N–H and O–H groups in total. The molecule has 0 atom stereocenters. The molecule has 0 aromatic carbocycles. The molecular weight excluding hydrogens is 334 g/mol. The number of amides is 1. The Kier molecular flexibility index (Phi) is 9.82. The number of hydrogen-bond acceptors (Lipinski definition) is 6. The molecule has 1 amide bonds. The first kappa shape index (κ1) is 21.5. The Morgan fingerprint density at radius 2 is 1.96 bits per heavy atom. The highest BCUT2D eigenvalue weighted by atomic mass is 16.5. The largest absolute Gasteiger partial charge is 0.466 e. The van der Waals surface area contributed by atoms with E-state index in [2.05, 4.69) is 21.7 Å². The molecule has 1 aromatic rings. The summed E-state index contributed by atoms with van der Waals surface area (Å²) in [6, 6.07) is 5.46. The monoisotopic (exact) mass is 361 g/mol. The Morgan fingerprint density at radius 1 is 1.19 bits per heavy atom. The number of hydrazone groups is 1. The van der Waals surface area contributed by atoms with Crippen LogP contribution in [-0.2, 0) is 19.1 Å². The van der Waals surface area contributed by atoms with Gasteiger partial charge in [0.05, 0.1) is 13.0 Å². The quantitative estimate of drug-likeness (QED) is 0.523. The van der Waals surface area contributed by atoms with Crippen LogP contribution in [-0.4, -0.2) is 35.0 Å². The number of carbonyl (C=O) groups is 3. The lowest BCUT2D eigenvalue weighted by Crippen LogP contribution is -2.20. The fourth-order valence-electron chi connectivity index (χ4n) is 2.31. The molecule has 26 heavy (non-hydrogen) atoms. The second kappa shape index (κ2) is 11.9. The second-order valence-electron chi connectivity index (χ2n) is 5.76. The Bertz CT molecular complexity index is 613. The molecule has 7 heteroatoms. The summed E-state index contributed by atoms with van der Waals surface area (Å²) in [5.41, 5.74) is 0.952.